The summed E-state index contributed by atoms with van der Waals surface area (Å²) in [7, 11) is 0. The number of carbonyl (C=O) groups is 2. The minimum atomic E-state index is -0.817. The first-order chi connectivity index (χ1) is 16.6. The summed E-state index contributed by atoms with van der Waals surface area (Å²) in [5.41, 5.74) is 2.08. The number of amides is 1. The van der Waals surface area contributed by atoms with Crippen LogP contribution in [0.15, 0.2) is 47.5 Å². The van der Waals surface area contributed by atoms with Crippen LogP contribution < -0.4 is 10.6 Å². The molecule has 0 spiro atoms. The van der Waals surface area contributed by atoms with Crippen molar-refractivity contribution in [1.29, 1.82) is 0 Å². The molecular weight excluding hydrogens is 446 g/mol. The first kappa shape index (κ1) is 24.7. The number of carboxylic acids is 1. The molecule has 1 saturated heterocycles. The Hall–Kier alpha value is -2.38. The molecule has 6 nitrogen and oxygen atoms in total. The largest absolute Gasteiger partial charge is 0.481 e. The monoisotopic (exact) mass is 481 g/mol. The Morgan fingerprint density at radius 1 is 1.09 bits per heavy atom. The van der Waals surface area contributed by atoms with Gasteiger partial charge in [-0.1, -0.05) is 49.6 Å². The third-order valence-corrected chi connectivity index (χ3v) is 8.02. The number of piperidine rings is 1. The molecule has 1 aromatic carbocycles. The minimum absolute atomic E-state index is 0.0364. The van der Waals surface area contributed by atoms with Gasteiger partial charge >= 0.3 is 5.97 Å². The number of rotatable bonds is 9. The number of aryl methyl sites for hydroxylation is 1. The van der Waals surface area contributed by atoms with Gasteiger partial charge in [-0.05, 0) is 56.3 Å². The Kier molecular flexibility index (Phi) is 8.62. The van der Waals surface area contributed by atoms with Crippen molar-refractivity contribution in [2.24, 2.45) is 0 Å². The molecule has 1 aliphatic heterocycles. The third-order valence-electron chi connectivity index (χ3n) is 7.02. The SMILES string of the molecule is O=C(O)C[C@@]1(c2ccc(C(=O)NC3CCCCC3)c(SCCc3ccccc3)n2)CCCNC1. The molecule has 1 aliphatic carbocycles. The van der Waals surface area contributed by atoms with Gasteiger partial charge in [0.25, 0.3) is 5.91 Å². The first-order valence-electron chi connectivity index (χ1n) is 12.5. The van der Waals surface area contributed by atoms with Crippen molar-refractivity contribution in [2.45, 2.75) is 74.3 Å². The van der Waals surface area contributed by atoms with Gasteiger partial charge in [0.2, 0.25) is 0 Å². The van der Waals surface area contributed by atoms with E-state index in [2.05, 4.69) is 22.8 Å². The van der Waals surface area contributed by atoms with Gasteiger partial charge in [-0.25, -0.2) is 4.98 Å². The summed E-state index contributed by atoms with van der Waals surface area (Å²) in [6.07, 6.45) is 8.22. The Morgan fingerprint density at radius 2 is 1.88 bits per heavy atom. The maximum absolute atomic E-state index is 13.2. The highest BCUT2D eigenvalue weighted by atomic mass is 32.2. The van der Waals surface area contributed by atoms with Gasteiger partial charge < -0.3 is 15.7 Å². The molecule has 2 aromatic rings. The number of aromatic nitrogens is 1. The number of carboxylic acid groups (broad SMARTS) is 1. The molecule has 0 unspecified atom stereocenters. The van der Waals surface area contributed by atoms with Crippen molar-refractivity contribution in [2.75, 3.05) is 18.8 Å². The second-order valence-electron chi connectivity index (χ2n) is 9.57. The van der Waals surface area contributed by atoms with Crippen LogP contribution in [0, 0.1) is 0 Å². The fraction of sp³-hybridized carbons (Fsp3) is 0.519. The lowest BCUT2D eigenvalue weighted by atomic mass is 9.74. The van der Waals surface area contributed by atoms with Crippen molar-refractivity contribution in [1.82, 2.24) is 15.6 Å². The maximum Gasteiger partial charge on any atom is 0.304 e. The van der Waals surface area contributed by atoms with Crippen molar-refractivity contribution < 1.29 is 14.7 Å². The zero-order valence-corrected chi connectivity index (χ0v) is 20.5. The van der Waals surface area contributed by atoms with E-state index in [1.54, 1.807) is 11.8 Å². The van der Waals surface area contributed by atoms with E-state index >= 15 is 0 Å². The minimum Gasteiger partial charge on any atom is -0.481 e. The number of hydrogen-bond donors (Lipinski definition) is 3. The predicted octanol–water partition coefficient (Wildman–Crippen LogP) is 4.57. The summed E-state index contributed by atoms with van der Waals surface area (Å²) in [5.74, 6) is -0.0842. The molecule has 182 valence electrons. The van der Waals surface area contributed by atoms with Gasteiger partial charge in [0.05, 0.1) is 12.0 Å². The van der Waals surface area contributed by atoms with Crippen LogP contribution in [0.2, 0.25) is 0 Å². The Balaban J connectivity index is 1.58. The molecule has 1 saturated carbocycles. The lowest BCUT2D eigenvalue weighted by molar-refractivity contribution is -0.138. The molecule has 2 fully saturated rings. The fourth-order valence-corrected chi connectivity index (χ4v) is 6.17. The van der Waals surface area contributed by atoms with Crippen LogP contribution in [0.3, 0.4) is 0 Å². The van der Waals surface area contributed by atoms with Crippen LogP contribution in [0.5, 0.6) is 0 Å². The highest BCUT2D eigenvalue weighted by Gasteiger charge is 2.38. The van der Waals surface area contributed by atoms with Crippen LogP contribution in [-0.2, 0) is 16.6 Å². The average Bonchev–Trinajstić information content (AvgIpc) is 2.85. The van der Waals surface area contributed by atoms with E-state index < -0.39 is 11.4 Å². The summed E-state index contributed by atoms with van der Waals surface area (Å²) in [6, 6.07) is 14.3. The predicted molar refractivity (Wildman–Crippen MR) is 135 cm³/mol. The maximum atomic E-state index is 13.2. The van der Waals surface area contributed by atoms with E-state index in [9.17, 15) is 14.7 Å². The number of benzene rings is 1. The van der Waals surface area contributed by atoms with Gasteiger partial charge in [-0.3, -0.25) is 9.59 Å². The molecule has 3 N–H and O–H groups in total. The molecule has 0 bridgehead atoms. The van der Waals surface area contributed by atoms with Crippen molar-refractivity contribution in [3.05, 3.63) is 59.3 Å². The van der Waals surface area contributed by atoms with Crippen molar-refractivity contribution >= 4 is 23.6 Å². The van der Waals surface area contributed by atoms with Crippen LogP contribution in [0.25, 0.3) is 0 Å². The number of pyridine rings is 1. The number of thioether (sulfide) groups is 1. The van der Waals surface area contributed by atoms with Crippen LogP contribution in [-0.4, -0.2) is 46.9 Å². The van der Waals surface area contributed by atoms with Gasteiger partial charge in [0.1, 0.15) is 5.03 Å². The van der Waals surface area contributed by atoms with Crippen molar-refractivity contribution in [3.8, 4) is 0 Å². The first-order valence-corrected chi connectivity index (χ1v) is 13.5. The summed E-state index contributed by atoms with van der Waals surface area (Å²) in [4.78, 5) is 29.9. The number of aliphatic carboxylic acids is 1. The Labute approximate surface area is 206 Å². The summed E-state index contributed by atoms with van der Waals surface area (Å²) >= 11 is 1.59. The Bertz CT molecular complexity index is 970. The fourth-order valence-electron chi connectivity index (χ4n) is 5.16. The molecule has 1 aromatic heterocycles. The van der Waals surface area contributed by atoms with Gasteiger partial charge in [0.15, 0.2) is 0 Å². The molecule has 2 aliphatic rings. The molecule has 1 atom stereocenters. The number of carbonyl (C=O) groups excluding carboxylic acids is 1. The van der Waals surface area contributed by atoms with Gasteiger partial charge in [-0.15, -0.1) is 11.8 Å². The molecule has 1 amide bonds. The van der Waals surface area contributed by atoms with E-state index in [1.807, 2.05) is 30.3 Å². The van der Waals surface area contributed by atoms with E-state index in [0.717, 1.165) is 62.9 Å². The molecule has 0 radical (unpaired) electrons. The number of nitrogens with one attached hydrogen (secondary N) is 2. The molecular formula is C27H35N3O3S. The lowest BCUT2D eigenvalue weighted by Crippen LogP contribution is -2.45. The van der Waals surface area contributed by atoms with Crippen LogP contribution in [0.1, 0.15) is 73.0 Å². The summed E-state index contributed by atoms with van der Waals surface area (Å²) in [5, 5.41) is 16.9. The van der Waals surface area contributed by atoms with Gasteiger partial charge in [-0.2, -0.15) is 0 Å². The normalized spacial score (nSPS) is 21.2. The summed E-state index contributed by atoms with van der Waals surface area (Å²) < 4.78 is 0. The highest BCUT2D eigenvalue weighted by molar-refractivity contribution is 7.99. The summed E-state index contributed by atoms with van der Waals surface area (Å²) in [6.45, 7) is 1.48. The Morgan fingerprint density at radius 3 is 2.59 bits per heavy atom. The topological polar surface area (TPSA) is 91.3 Å². The number of nitrogens with zero attached hydrogens (tertiary/aromatic N) is 1. The van der Waals surface area contributed by atoms with E-state index in [0.29, 0.717) is 17.1 Å². The lowest BCUT2D eigenvalue weighted by Gasteiger charge is -2.36. The van der Waals surface area contributed by atoms with Gasteiger partial charge in [0, 0.05) is 29.4 Å². The second kappa shape index (κ2) is 11.8. The molecule has 4 rings (SSSR count). The highest BCUT2D eigenvalue weighted by Crippen LogP contribution is 2.36. The van der Waals surface area contributed by atoms with E-state index in [-0.39, 0.29) is 18.4 Å². The molecule has 7 heteroatoms. The molecule has 2 heterocycles. The quantitative estimate of drug-likeness (QED) is 0.454. The standard InChI is InChI=1S/C27H35N3O3S/c31-24(32)18-27(15-7-16-28-19-27)23-13-12-22(25(33)29-21-10-5-2-6-11-21)26(30-23)34-17-14-20-8-3-1-4-9-20/h1,3-4,8-9,12-13,21,28H,2,5-7,10-11,14-19H2,(H,29,33)(H,31,32)/t27-/m0/s1. The second-order valence-corrected chi connectivity index (χ2v) is 10.7. The number of hydrogen-bond acceptors (Lipinski definition) is 5. The van der Waals surface area contributed by atoms with E-state index in [4.69, 9.17) is 4.98 Å². The van der Waals surface area contributed by atoms with Crippen LogP contribution >= 0.6 is 11.8 Å². The van der Waals surface area contributed by atoms with E-state index in [1.165, 1.54) is 12.0 Å². The zero-order chi connectivity index (χ0) is 23.8. The zero-order valence-electron chi connectivity index (χ0n) is 19.7. The average molecular weight is 482 g/mol. The molecule has 34 heavy (non-hydrogen) atoms. The van der Waals surface area contributed by atoms with Crippen LogP contribution in [0.4, 0.5) is 0 Å². The third kappa shape index (κ3) is 6.39. The van der Waals surface area contributed by atoms with Crippen molar-refractivity contribution in [3.63, 3.8) is 0 Å². The smallest absolute Gasteiger partial charge is 0.304 e.